The molecule has 4 aromatic carbocycles. The first-order valence-corrected chi connectivity index (χ1v) is 17.3. The summed E-state index contributed by atoms with van der Waals surface area (Å²) in [4.78, 5) is 29.7. The number of carbonyl (C=O) groups is 2. The molecule has 0 aromatic heterocycles. The highest BCUT2D eigenvalue weighted by atomic mass is 35.5. The van der Waals surface area contributed by atoms with Gasteiger partial charge in [0, 0.05) is 39.6 Å². The summed E-state index contributed by atoms with van der Waals surface area (Å²) in [6.07, 6.45) is 0.135. The van der Waals surface area contributed by atoms with Gasteiger partial charge in [-0.25, -0.2) is 8.42 Å². The Morgan fingerprint density at radius 1 is 0.804 bits per heavy atom. The van der Waals surface area contributed by atoms with Gasteiger partial charge in [0.25, 0.3) is 10.0 Å². The van der Waals surface area contributed by atoms with Crippen LogP contribution in [0.15, 0.2) is 95.9 Å². The molecule has 1 atom stereocenters. The summed E-state index contributed by atoms with van der Waals surface area (Å²) < 4.78 is 29.3. The van der Waals surface area contributed by atoms with Crippen LogP contribution < -0.4 is 9.62 Å². The lowest BCUT2D eigenvalue weighted by molar-refractivity contribution is -0.140. The second-order valence-electron chi connectivity index (χ2n) is 11.0. The van der Waals surface area contributed by atoms with E-state index in [9.17, 15) is 18.0 Å². The molecule has 0 saturated carbocycles. The van der Waals surface area contributed by atoms with E-state index in [1.54, 1.807) is 30.3 Å². The van der Waals surface area contributed by atoms with Crippen molar-refractivity contribution in [1.29, 1.82) is 0 Å². The minimum Gasteiger partial charge on any atom is -0.352 e. The third kappa shape index (κ3) is 8.75. The van der Waals surface area contributed by atoms with Crippen LogP contribution >= 0.6 is 46.4 Å². The van der Waals surface area contributed by atoms with Crippen LogP contribution in [0.1, 0.15) is 30.5 Å². The lowest BCUT2D eigenvalue weighted by Gasteiger charge is -2.34. The van der Waals surface area contributed by atoms with Gasteiger partial charge in [0.15, 0.2) is 0 Å². The summed E-state index contributed by atoms with van der Waals surface area (Å²) in [6.45, 7) is 4.57. The number of carbonyl (C=O) groups excluding carboxylic acids is 2. The molecule has 242 valence electrons. The predicted octanol–water partition coefficient (Wildman–Crippen LogP) is 7.97. The first kappa shape index (κ1) is 35.6. The zero-order chi connectivity index (χ0) is 33.6. The van der Waals surface area contributed by atoms with Crippen LogP contribution in [-0.2, 0) is 32.6 Å². The second kappa shape index (κ2) is 15.5. The topological polar surface area (TPSA) is 86.8 Å². The number of hydrogen-bond donors (Lipinski definition) is 1. The zero-order valence-corrected chi connectivity index (χ0v) is 29.2. The average molecular weight is 722 g/mol. The lowest BCUT2D eigenvalue weighted by Crippen LogP contribution is -2.54. The van der Waals surface area contributed by atoms with Crippen LogP contribution in [0.5, 0.6) is 0 Å². The minimum atomic E-state index is -4.36. The molecule has 12 heteroatoms. The Bertz CT molecular complexity index is 1780. The monoisotopic (exact) mass is 719 g/mol. The van der Waals surface area contributed by atoms with Crippen molar-refractivity contribution in [2.45, 2.75) is 50.7 Å². The number of rotatable bonds is 12. The quantitative estimate of drug-likeness (QED) is 0.161. The number of sulfonamides is 1. The van der Waals surface area contributed by atoms with Crippen molar-refractivity contribution >= 4 is 73.9 Å². The minimum absolute atomic E-state index is 0.00468. The van der Waals surface area contributed by atoms with Gasteiger partial charge in [-0.15, -0.1) is 0 Å². The highest BCUT2D eigenvalue weighted by molar-refractivity contribution is 7.92. The van der Waals surface area contributed by atoms with E-state index >= 15 is 0 Å². The molecule has 0 bridgehead atoms. The van der Waals surface area contributed by atoms with Crippen LogP contribution in [-0.4, -0.2) is 43.8 Å². The third-order valence-electron chi connectivity index (χ3n) is 7.16. The molecule has 1 N–H and O–H groups in total. The van der Waals surface area contributed by atoms with Gasteiger partial charge in [0.2, 0.25) is 11.8 Å². The largest absolute Gasteiger partial charge is 0.352 e. The first-order valence-electron chi connectivity index (χ1n) is 14.4. The van der Waals surface area contributed by atoms with Crippen molar-refractivity contribution < 1.29 is 18.0 Å². The van der Waals surface area contributed by atoms with E-state index in [0.29, 0.717) is 5.56 Å². The van der Waals surface area contributed by atoms with Gasteiger partial charge in [-0.2, -0.15) is 0 Å². The fraction of sp³-hybridized carbons (Fsp3) is 0.235. The number of anilines is 1. The molecule has 0 aliphatic heterocycles. The fourth-order valence-corrected chi connectivity index (χ4v) is 7.19. The number of hydrogen-bond acceptors (Lipinski definition) is 4. The van der Waals surface area contributed by atoms with Gasteiger partial charge in [-0.3, -0.25) is 13.9 Å². The third-order valence-corrected chi connectivity index (χ3v) is 10.2. The maximum absolute atomic E-state index is 14.6. The maximum atomic E-state index is 14.6. The van der Waals surface area contributed by atoms with Crippen molar-refractivity contribution in [3.8, 4) is 0 Å². The van der Waals surface area contributed by atoms with Crippen molar-refractivity contribution in [3.05, 3.63) is 128 Å². The highest BCUT2D eigenvalue weighted by Gasteiger charge is 2.36. The van der Waals surface area contributed by atoms with Gasteiger partial charge in [-0.1, -0.05) is 100 Å². The Labute approximate surface area is 290 Å². The molecule has 0 saturated heterocycles. The van der Waals surface area contributed by atoms with Gasteiger partial charge in [-0.05, 0) is 68.8 Å². The molecule has 0 radical (unpaired) electrons. The van der Waals surface area contributed by atoms with Gasteiger partial charge in [0.1, 0.15) is 12.6 Å². The van der Waals surface area contributed by atoms with Crippen LogP contribution in [0.25, 0.3) is 0 Å². The van der Waals surface area contributed by atoms with Crippen LogP contribution in [0.4, 0.5) is 5.69 Å². The van der Waals surface area contributed by atoms with Crippen LogP contribution in [0, 0.1) is 6.92 Å². The molecule has 0 aliphatic rings. The number of aryl methyl sites for hydroxylation is 1. The van der Waals surface area contributed by atoms with Crippen LogP contribution in [0.2, 0.25) is 20.1 Å². The van der Waals surface area contributed by atoms with Gasteiger partial charge in [0.05, 0.1) is 15.6 Å². The second-order valence-corrected chi connectivity index (χ2v) is 14.5. The molecule has 1 unspecified atom stereocenters. The smallest absolute Gasteiger partial charge is 0.264 e. The van der Waals surface area contributed by atoms with Crippen molar-refractivity contribution in [3.63, 3.8) is 0 Å². The Hall–Kier alpha value is -3.27. The summed E-state index contributed by atoms with van der Waals surface area (Å²) in [7, 11) is -4.36. The molecular formula is C34H33Cl4N3O4S. The molecule has 0 fully saturated rings. The van der Waals surface area contributed by atoms with Crippen molar-refractivity contribution in [1.82, 2.24) is 10.2 Å². The average Bonchev–Trinajstić information content (AvgIpc) is 3.00. The number of amides is 2. The highest BCUT2D eigenvalue weighted by Crippen LogP contribution is 2.34. The summed E-state index contributed by atoms with van der Waals surface area (Å²) in [5, 5.41) is 3.76. The zero-order valence-electron chi connectivity index (χ0n) is 25.4. The molecule has 0 spiro atoms. The number of nitrogens with one attached hydrogen (secondary N) is 1. The first-order chi connectivity index (χ1) is 21.8. The predicted molar refractivity (Wildman–Crippen MR) is 186 cm³/mol. The molecule has 4 rings (SSSR count). The van der Waals surface area contributed by atoms with E-state index in [1.807, 2.05) is 51.1 Å². The Morgan fingerprint density at radius 2 is 1.43 bits per heavy atom. The molecule has 7 nitrogen and oxygen atoms in total. The SMILES string of the molecule is Cc1ccc(S(=O)(=O)N(CC(=O)N(Cc2c(Cl)cccc2Cl)C(Cc2ccccc2)C(=O)NC(C)C)c2cc(Cl)ccc2Cl)cc1. The Kier molecular flexibility index (Phi) is 12.0. The molecule has 4 aromatic rings. The van der Waals surface area contributed by atoms with E-state index in [4.69, 9.17) is 46.4 Å². The Balaban J connectivity index is 1.87. The summed E-state index contributed by atoms with van der Waals surface area (Å²) in [6, 6.07) is 23.4. The van der Waals surface area contributed by atoms with E-state index in [1.165, 1.54) is 35.2 Å². The Morgan fingerprint density at radius 3 is 2.04 bits per heavy atom. The summed E-state index contributed by atoms with van der Waals surface area (Å²) in [5.74, 6) is -1.12. The summed E-state index contributed by atoms with van der Waals surface area (Å²) >= 11 is 25.9. The number of halogens is 4. The normalized spacial score (nSPS) is 12.1. The van der Waals surface area contributed by atoms with E-state index in [0.717, 1.165) is 15.4 Å². The fourth-order valence-electron chi connectivity index (χ4n) is 4.82. The lowest BCUT2D eigenvalue weighted by atomic mass is 10.0. The van der Waals surface area contributed by atoms with Crippen molar-refractivity contribution in [2.75, 3.05) is 10.8 Å². The molecule has 46 heavy (non-hydrogen) atoms. The van der Waals surface area contributed by atoms with Gasteiger partial charge < -0.3 is 10.2 Å². The molecule has 2 amide bonds. The van der Waals surface area contributed by atoms with E-state index < -0.39 is 34.4 Å². The van der Waals surface area contributed by atoms with E-state index in [-0.39, 0.29) is 49.7 Å². The summed E-state index contributed by atoms with van der Waals surface area (Å²) in [5.41, 5.74) is 2.05. The number of benzene rings is 4. The number of nitrogens with zero attached hydrogens (tertiary/aromatic N) is 2. The molecular weight excluding hydrogens is 688 g/mol. The van der Waals surface area contributed by atoms with Gasteiger partial charge >= 0.3 is 0 Å². The molecule has 0 heterocycles. The standard InChI is InChI=1S/C34H33Cl4N3O4S/c1-22(2)39-34(43)32(18-24-8-5-4-6-9-24)40(20-27-28(36)10-7-11-29(27)37)33(42)21-41(31-19-25(35)14-17-30(31)38)46(44,45)26-15-12-23(3)13-16-26/h4-17,19,22,32H,18,20-21H2,1-3H3,(H,39,43). The molecule has 0 aliphatic carbocycles. The van der Waals surface area contributed by atoms with Crippen molar-refractivity contribution in [2.24, 2.45) is 0 Å². The maximum Gasteiger partial charge on any atom is 0.264 e. The van der Waals surface area contributed by atoms with E-state index in [2.05, 4.69) is 5.32 Å². The van der Waals surface area contributed by atoms with Crippen LogP contribution in [0.3, 0.4) is 0 Å².